The number of carboxylic acids is 1. The summed E-state index contributed by atoms with van der Waals surface area (Å²) < 4.78 is 34.1. The summed E-state index contributed by atoms with van der Waals surface area (Å²) in [6.45, 7) is 4.48. The van der Waals surface area contributed by atoms with Crippen LogP contribution in [0.3, 0.4) is 0 Å². The molecule has 0 bridgehead atoms. The Morgan fingerprint density at radius 1 is 1.33 bits per heavy atom. The topological polar surface area (TPSA) is 95.9 Å². The molecule has 21 heavy (non-hydrogen) atoms. The number of nitrogens with zero attached hydrogens (tertiary/aromatic N) is 1. The average molecular weight is 320 g/mol. The van der Waals surface area contributed by atoms with Crippen molar-refractivity contribution < 1.29 is 23.1 Å². The minimum absolute atomic E-state index is 0.0583. The van der Waals surface area contributed by atoms with Crippen molar-refractivity contribution in [2.75, 3.05) is 20.2 Å². The number of piperidine rings is 1. The van der Waals surface area contributed by atoms with Gasteiger partial charge in [-0.15, -0.1) is 0 Å². The zero-order chi connectivity index (χ0) is 15.8. The summed E-state index contributed by atoms with van der Waals surface area (Å²) in [4.78, 5) is 10.9. The molecular weight excluding hydrogens is 296 g/mol. The van der Waals surface area contributed by atoms with Gasteiger partial charge in [0.15, 0.2) is 0 Å². The molecule has 1 saturated heterocycles. The fourth-order valence-electron chi connectivity index (χ4n) is 3.08. The first-order valence-corrected chi connectivity index (χ1v) is 8.65. The number of rotatable bonds is 5. The molecule has 2 aliphatic rings. The molecule has 1 aliphatic heterocycles. The molecule has 2 atom stereocenters. The van der Waals surface area contributed by atoms with E-state index in [1.54, 1.807) is 7.11 Å². The maximum atomic E-state index is 12.4. The number of hydrogen-bond acceptors (Lipinski definition) is 4. The molecule has 2 rings (SSSR count). The largest absolute Gasteiger partial charge is 0.481 e. The Kier molecular flexibility index (Phi) is 4.63. The third-order valence-electron chi connectivity index (χ3n) is 4.90. The van der Waals surface area contributed by atoms with Gasteiger partial charge in [-0.2, -0.15) is 17.4 Å². The van der Waals surface area contributed by atoms with Crippen molar-refractivity contribution in [2.24, 2.45) is 11.3 Å². The van der Waals surface area contributed by atoms with E-state index in [0.29, 0.717) is 19.3 Å². The molecule has 2 unspecified atom stereocenters. The van der Waals surface area contributed by atoms with Gasteiger partial charge in [-0.3, -0.25) is 4.79 Å². The summed E-state index contributed by atoms with van der Waals surface area (Å²) in [7, 11) is -1.93. The van der Waals surface area contributed by atoms with Crippen LogP contribution in [0.15, 0.2) is 0 Å². The Labute approximate surface area is 125 Å². The summed E-state index contributed by atoms with van der Waals surface area (Å²) in [5.74, 6) is -1.28. The monoisotopic (exact) mass is 320 g/mol. The van der Waals surface area contributed by atoms with Gasteiger partial charge in [0.25, 0.3) is 10.2 Å². The smallest absolute Gasteiger partial charge is 0.306 e. The van der Waals surface area contributed by atoms with E-state index < -0.39 is 22.1 Å². The van der Waals surface area contributed by atoms with E-state index in [9.17, 15) is 13.2 Å². The molecule has 2 fully saturated rings. The Bertz CT molecular complexity index is 497. The van der Waals surface area contributed by atoms with Crippen molar-refractivity contribution in [2.45, 2.75) is 45.3 Å². The standard InChI is InChI=1S/C13H24N2O5S/c1-13(2)10(8-11(13)20-3)14-21(18,19)15-6-4-9(5-7-15)12(16)17/h9-11,14H,4-8H2,1-3H3,(H,16,17). The number of aliphatic carboxylic acids is 1. The van der Waals surface area contributed by atoms with Crippen molar-refractivity contribution in [1.29, 1.82) is 0 Å². The molecule has 1 heterocycles. The normalized spacial score (nSPS) is 30.8. The minimum Gasteiger partial charge on any atom is -0.481 e. The highest BCUT2D eigenvalue weighted by molar-refractivity contribution is 7.87. The maximum Gasteiger partial charge on any atom is 0.306 e. The number of nitrogens with one attached hydrogen (secondary N) is 1. The third-order valence-corrected chi connectivity index (χ3v) is 6.52. The molecule has 1 aliphatic carbocycles. The van der Waals surface area contributed by atoms with Gasteiger partial charge in [0, 0.05) is 31.7 Å². The molecule has 8 heteroatoms. The van der Waals surface area contributed by atoms with Crippen molar-refractivity contribution in [3.8, 4) is 0 Å². The average Bonchev–Trinajstić information content (AvgIpc) is 2.43. The van der Waals surface area contributed by atoms with Crippen LogP contribution in [0.4, 0.5) is 0 Å². The quantitative estimate of drug-likeness (QED) is 0.766. The second kappa shape index (κ2) is 5.83. The van der Waals surface area contributed by atoms with Gasteiger partial charge in [0.2, 0.25) is 0 Å². The summed E-state index contributed by atoms with van der Waals surface area (Å²) in [6.07, 6.45) is 1.45. The van der Waals surface area contributed by atoms with Gasteiger partial charge >= 0.3 is 5.97 Å². The van der Waals surface area contributed by atoms with Crippen LogP contribution in [0.25, 0.3) is 0 Å². The number of methoxy groups -OCH3 is 1. The number of ether oxygens (including phenoxy) is 1. The molecule has 122 valence electrons. The van der Waals surface area contributed by atoms with Gasteiger partial charge in [-0.1, -0.05) is 13.8 Å². The second-order valence-electron chi connectivity index (χ2n) is 6.47. The third kappa shape index (κ3) is 3.23. The number of carboxylic acid groups (broad SMARTS) is 1. The highest BCUT2D eigenvalue weighted by Gasteiger charge is 2.50. The van der Waals surface area contributed by atoms with E-state index in [-0.39, 0.29) is 30.7 Å². The van der Waals surface area contributed by atoms with E-state index >= 15 is 0 Å². The van der Waals surface area contributed by atoms with Crippen molar-refractivity contribution in [3.63, 3.8) is 0 Å². The van der Waals surface area contributed by atoms with Crippen LogP contribution < -0.4 is 4.72 Å². The van der Waals surface area contributed by atoms with Crippen molar-refractivity contribution >= 4 is 16.2 Å². The lowest BCUT2D eigenvalue weighted by Gasteiger charge is -2.51. The van der Waals surface area contributed by atoms with E-state index in [0.717, 1.165) is 0 Å². The second-order valence-corrected chi connectivity index (χ2v) is 8.17. The lowest BCUT2D eigenvalue weighted by molar-refractivity contribution is -0.142. The Balaban J connectivity index is 1.93. The van der Waals surface area contributed by atoms with Crippen LogP contribution in [0.5, 0.6) is 0 Å². The van der Waals surface area contributed by atoms with Gasteiger partial charge in [0.05, 0.1) is 12.0 Å². The zero-order valence-electron chi connectivity index (χ0n) is 12.7. The molecular formula is C13H24N2O5S. The molecule has 2 N–H and O–H groups in total. The number of carbonyl (C=O) groups is 1. The van der Waals surface area contributed by atoms with E-state index in [2.05, 4.69) is 4.72 Å². The molecule has 0 radical (unpaired) electrons. The van der Waals surface area contributed by atoms with E-state index in [4.69, 9.17) is 9.84 Å². The first-order valence-electron chi connectivity index (χ1n) is 7.21. The van der Waals surface area contributed by atoms with Gasteiger partial charge in [0.1, 0.15) is 0 Å². The summed E-state index contributed by atoms with van der Waals surface area (Å²) >= 11 is 0. The van der Waals surface area contributed by atoms with Gasteiger partial charge in [-0.05, 0) is 19.3 Å². The fourth-order valence-corrected chi connectivity index (χ4v) is 4.68. The molecule has 0 spiro atoms. The molecule has 0 aromatic carbocycles. The minimum atomic E-state index is -3.56. The molecule has 0 aromatic rings. The molecule has 0 amide bonds. The zero-order valence-corrected chi connectivity index (χ0v) is 13.5. The summed E-state index contributed by atoms with van der Waals surface area (Å²) in [5, 5.41) is 8.95. The fraction of sp³-hybridized carbons (Fsp3) is 0.923. The highest BCUT2D eigenvalue weighted by Crippen LogP contribution is 2.42. The Morgan fingerprint density at radius 3 is 2.33 bits per heavy atom. The highest BCUT2D eigenvalue weighted by atomic mass is 32.2. The first kappa shape index (κ1) is 16.7. The van der Waals surface area contributed by atoms with E-state index in [1.807, 2.05) is 13.8 Å². The van der Waals surface area contributed by atoms with Crippen LogP contribution in [0.2, 0.25) is 0 Å². The predicted molar refractivity (Wildman–Crippen MR) is 77.0 cm³/mol. The van der Waals surface area contributed by atoms with Crippen LogP contribution in [0.1, 0.15) is 33.1 Å². The Hall–Kier alpha value is -0.700. The molecule has 7 nitrogen and oxygen atoms in total. The van der Waals surface area contributed by atoms with Crippen molar-refractivity contribution in [3.05, 3.63) is 0 Å². The van der Waals surface area contributed by atoms with Crippen molar-refractivity contribution in [1.82, 2.24) is 9.03 Å². The van der Waals surface area contributed by atoms with Crippen LogP contribution in [-0.4, -0.2) is 56.1 Å². The predicted octanol–water partition coefficient (Wildman–Crippen LogP) is 0.431. The molecule has 1 saturated carbocycles. The van der Waals surface area contributed by atoms with Crippen LogP contribution >= 0.6 is 0 Å². The van der Waals surface area contributed by atoms with Gasteiger partial charge in [-0.25, -0.2) is 0 Å². The van der Waals surface area contributed by atoms with Gasteiger partial charge < -0.3 is 9.84 Å². The van der Waals surface area contributed by atoms with Crippen LogP contribution in [-0.2, 0) is 19.7 Å². The Morgan fingerprint density at radius 2 is 1.90 bits per heavy atom. The lowest BCUT2D eigenvalue weighted by Crippen LogP contribution is -2.63. The summed E-state index contributed by atoms with van der Waals surface area (Å²) in [6, 6.07) is -0.148. The first-order chi connectivity index (χ1) is 9.68. The number of hydrogen-bond donors (Lipinski definition) is 2. The molecule has 0 aromatic heterocycles. The SMILES string of the molecule is COC1CC(NS(=O)(=O)N2CCC(C(=O)O)CC2)C1(C)C. The lowest BCUT2D eigenvalue weighted by atomic mass is 9.65. The summed E-state index contributed by atoms with van der Waals surface area (Å²) in [5.41, 5.74) is -0.235. The van der Waals surface area contributed by atoms with E-state index in [1.165, 1.54) is 4.31 Å². The maximum absolute atomic E-state index is 12.4. The van der Waals surface area contributed by atoms with Crippen LogP contribution in [0, 0.1) is 11.3 Å².